The lowest BCUT2D eigenvalue weighted by molar-refractivity contribution is -0.435. The van der Waals surface area contributed by atoms with Crippen LogP contribution in [0.1, 0.15) is 21.5 Å². The molecule has 1 aliphatic carbocycles. The highest BCUT2D eigenvalue weighted by Gasteiger charge is 2.33. The summed E-state index contributed by atoms with van der Waals surface area (Å²) >= 11 is 0. The van der Waals surface area contributed by atoms with Gasteiger partial charge >= 0.3 is 0 Å². The van der Waals surface area contributed by atoms with Crippen LogP contribution in [0.4, 0.5) is 11.4 Å². The summed E-state index contributed by atoms with van der Waals surface area (Å²) in [5, 5.41) is 0. The molecule has 3 nitrogen and oxygen atoms in total. The lowest BCUT2D eigenvalue weighted by atomic mass is 9.98. The van der Waals surface area contributed by atoms with Crippen LogP contribution in [0.5, 0.6) is 0 Å². The molecule has 3 heteroatoms. The van der Waals surface area contributed by atoms with E-state index in [1.807, 2.05) is 30.3 Å². The van der Waals surface area contributed by atoms with E-state index in [-0.39, 0.29) is 5.78 Å². The third kappa shape index (κ3) is 1.99. The highest BCUT2D eigenvalue weighted by atomic mass is 16.1. The number of nitrogens with zero attached hydrogens (tertiary/aromatic N) is 2. The van der Waals surface area contributed by atoms with Gasteiger partial charge in [0.2, 0.25) is 12.4 Å². The molecule has 25 heavy (non-hydrogen) atoms. The minimum Gasteiger partial charge on any atom is -0.318 e. The fourth-order valence-electron chi connectivity index (χ4n) is 3.91. The van der Waals surface area contributed by atoms with Crippen molar-refractivity contribution in [1.82, 2.24) is 0 Å². The van der Waals surface area contributed by atoms with Gasteiger partial charge < -0.3 is 4.90 Å². The molecular formula is C22H17N2O+. The third-order valence-electron chi connectivity index (χ3n) is 5.02. The molecule has 1 heterocycles. The van der Waals surface area contributed by atoms with Gasteiger partial charge in [-0.15, -0.1) is 0 Å². The van der Waals surface area contributed by atoms with Crippen LogP contribution in [0.15, 0.2) is 66.7 Å². The second kappa shape index (κ2) is 5.15. The first kappa shape index (κ1) is 14.2. The molecule has 1 aliphatic heterocycles. The molecule has 3 aromatic rings. The van der Waals surface area contributed by atoms with E-state index in [0.29, 0.717) is 0 Å². The summed E-state index contributed by atoms with van der Waals surface area (Å²) in [5.41, 5.74) is 7.19. The molecule has 0 fully saturated rings. The van der Waals surface area contributed by atoms with Gasteiger partial charge in [0.25, 0.3) is 0 Å². The lowest BCUT2D eigenvalue weighted by Gasteiger charge is -2.26. The second-order valence-electron chi connectivity index (χ2n) is 6.57. The van der Waals surface area contributed by atoms with Crippen molar-refractivity contribution >= 4 is 23.4 Å². The molecule has 2 aliphatic rings. The molecule has 0 radical (unpaired) electrons. The Kier molecular flexibility index (Phi) is 2.92. The van der Waals surface area contributed by atoms with E-state index in [0.717, 1.165) is 45.9 Å². The Morgan fingerprint density at radius 1 is 0.840 bits per heavy atom. The van der Waals surface area contributed by atoms with Gasteiger partial charge in [0.1, 0.15) is 0 Å². The maximum atomic E-state index is 12.7. The van der Waals surface area contributed by atoms with E-state index in [4.69, 9.17) is 0 Å². The Bertz CT molecular complexity index is 1050. The van der Waals surface area contributed by atoms with Gasteiger partial charge in [-0.25, -0.2) is 0 Å². The molecule has 0 aromatic heterocycles. The minimum atomic E-state index is 0.132. The second-order valence-corrected chi connectivity index (χ2v) is 6.57. The Morgan fingerprint density at radius 3 is 2.36 bits per heavy atom. The van der Waals surface area contributed by atoms with Gasteiger partial charge in [0, 0.05) is 35.9 Å². The Balaban J connectivity index is 1.75. The number of rotatable bonds is 1. The standard InChI is InChI=1S/C22H17N2O/c1-23-14-24(16-7-3-2-4-8-16)13-15-11-12-19-20(21(15)23)17-9-5-6-10-18(17)22(19)25/h2-13H,14H2,1H3/q+1. The van der Waals surface area contributed by atoms with Gasteiger partial charge in [-0.1, -0.05) is 42.5 Å². The van der Waals surface area contributed by atoms with Crippen LogP contribution in [-0.2, 0) is 0 Å². The fraction of sp³-hybridized carbons (Fsp3) is 0.0909. The summed E-state index contributed by atoms with van der Waals surface area (Å²) in [5.74, 6) is 0.132. The topological polar surface area (TPSA) is 23.3 Å². The van der Waals surface area contributed by atoms with E-state index in [1.165, 1.54) is 0 Å². The first-order chi connectivity index (χ1) is 12.2. The number of ketones is 1. The van der Waals surface area contributed by atoms with E-state index in [1.54, 1.807) is 0 Å². The number of fused-ring (bicyclic) bond motifs is 5. The van der Waals surface area contributed by atoms with Gasteiger partial charge in [-0.2, -0.15) is 4.58 Å². The summed E-state index contributed by atoms with van der Waals surface area (Å²) in [6.07, 6.45) is 2.18. The molecule has 0 N–H and O–H groups in total. The van der Waals surface area contributed by atoms with Crippen molar-refractivity contribution in [2.75, 3.05) is 18.6 Å². The van der Waals surface area contributed by atoms with Crippen LogP contribution in [0.25, 0.3) is 11.1 Å². The van der Waals surface area contributed by atoms with Gasteiger partial charge in [0.05, 0.1) is 11.3 Å². The fourth-order valence-corrected chi connectivity index (χ4v) is 3.91. The molecular weight excluding hydrogens is 308 g/mol. The van der Waals surface area contributed by atoms with Crippen molar-refractivity contribution in [3.05, 3.63) is 83.4 Å². The lowest BCUT2D eigenvalue weighted by Crippen LogP contribution is -2.32. The van der Waals surface area contributed by atoms with Gasteiger partial charge in [0.15, 0.2) is 12.0 Å². The maximum absolute atomic E-state index is 12.7. The first-order valence-electron chi connectivity index (χ1n) is 8.43. The van der Waals surface area contributed by atoms with Crippen molar-refractivity contribution in [2.24, 2.45) is 0 Å². The monoisotopic (exact) mass is 325 g/mol. The maximum Gasteiger partial charge on any atom is 0.224 e. The van der Waals surface area contributed by atoms with Crippen LogP contribution in [-0.4, -0.2) is 30.3 Å². The highest BCUT2D eigenvalue weighted by molar-refractivity contribution is 6.24. The zero-order valence-corrected chi connectivity index (χ0v) is 13.9. The first-order valence-corrected chi connectivity index (χ1v) is 8.43. The molecule has 3 aromatic carbocycles. The smallest absolute Gasteiger partial charge is 0.224 e. The molecule has 0 atom stereocenters. The molecule has 0 bridgehead atoms. The summed E-state index contributed by atoms with van der Waals surface area (Å²) in [6, 6.07) is 22.3. The zero-order valence-electron chi connectivity index (χ0n) is 13.9. The van der Waals surface area contributed by atoms with E-state index in [9.17, 15) is 4.79 Å². The predicted octanol–water partition coefficient (Wildman–Crippen LogP) is 4.07. The van der Waals surface area contributed by atoms with E-state index >= 15 is 0 Å². The minimum absolute atomic E-state index is 0.132. The van der Waals surface area contributed by atoms with Crippen LogP contribution >= 0.6 is 0 Å². The number of benzene rings is 3. The molecule has 5 rings (SSSR count). The van der Waals surface area contributed by atoms with Crippen LogP contribution in [0.2, 0.25) is 0 Å². The molecule has 0 saturated heterocycles. The molecule has 0 spiro atoms. The van der Waals surface area contributed by atoms with Crippen LogP contribution in [0.3, 0.4) is 0 Å². The summed E-state index contributed by atoms with van der Waals surface area (Å²) in [7, 11) is 2.09. The zero-order chi connectivity index (χ0) is 17.0. The molecule has 0 saturated carbocycles. The number of anilines is 1. The van der Waals surface area contributed by atoms with Gasteiger partial charge in [-0.3, -0.25) is 4.79 Å². The normalized spacial score (nSPS) is 14.7. The third-order valence-corrected chi connectivity index (χ3v) is 5.02. The Hall–Kier alpha value is -3.20. The molecule has 0 amide bonds. The summed E-state index contributed by atoms with van der Waals surface area (Å²) in [4.78, 5) is 15.0. The molecule has 0 unspecified atom stereocenters. The van der Waals surface area contributed by atoms with Crippen molar-refractivity contribution in [2.45, 2.75) is 0 Å². The number of carbonyl (C=O) groups excluding carboxylic acids is 1. The summed E-state index contributed by atoms with van der Waals surface area (Å²) in [6.45, 7) is 0.754. The molecule has 120 valence electrons. The predicted molar refractivity (Wildman–Crippen MR) is 100 cm³/mol. The van der Waals surface area contributed by atoms with E-state index < -0.39 is 0 Å². The summed E-state index contributed by atoms with van der Waals surface area (Å²) < 4.78 is 2.23. The van der Waals surface area contributed by atoms with Crippen LogP contribution < -0.4 is 4.90 Å². The average molecular weight is 325 g/mol. The van der Waals surface area contributed by atoms with Crippen LogP contribution in [0, 0.1) is 0 Å². The van der Waals surface area contributed by atoms with Crippen molar-refractivity contribution in [3.8, 4) is 11.1 Å². The van der Waals surface area contributed by atoms with Crippen molar-refractivity contribution in [3.63, 3.8) is 0 Å². The number of para-hydroxylation sites is 1. The number of carbonyl (C=O) groups is 1. The highest BCUT2D eigenvalue weighted by Crippen LogP contribution is 2.44. The SMILES string of the molecule is CN1C[N+](c2ccccc2)=Cc2ccc3c(c21)-c1ccccc1C3=O. The van der Waals surface area contributed by atoms with Crippen molar-refractivity contribution in [1.29, 1.82) is 0 Å². The number of hydrogen-bond acceptors (Lipinski definition) is 2. The quantitative estimate of drug-likeness (QED) is 0.493. The average Bonchev–Trinajstić information content (AvgIpc) is 2.95. The Morgan fingerprint density at radius 2 is 1.56 bits per heavy atom. The van der Waals surface area contributed by atoms with E-state index in [2.05, 4.69) is 59.1 Å². The van der Waals surface area contributed by atoms with Gasteiger partial charge in [-0.05, 0) is 17.7 Å². The van der Waals surface area contributed by atoms with Crippen molar-refractivity contribution < 1.29 is 9.37 Å². The largest absolute Gasteiger partial charge is 0.318 e. The number of hydrogen-bond donors (Lipinski definition) is 0. The Labute approximate surface area is 146 Å².